The fraction of sp³-hybridized carbons (Fsp3) is 1.00. The van der Waals surface area contributed by atoms with Gasteiger partial charge < -0.3 is 15.0 Å². The fourth-order valence-corrected chi connectivity index (χ4v) is 2.37. The highest BCUT2D eigenvalue weighted by molar-refractivity contribution is 6.45. The van der Waals surface area contributed by atoms with Crippen molar-refractivity contribution in [2.24, 2.45) is 5.73 Å². The van der Waals surface area contributed by atoms with E-state index in [1.807, 2.05) is 0 Å². The molecule has 0 spiro atoms. The fourth-order valence-electron chi connectivity index (χ4n) is 2.37. The molecule has 0 bridgehead atoms. The van der Waals surface area contributed by atoms with Crippen LogP contribution in [0.3, 0.4) is 0 Å². The average molecular weight is 225 g/mol. The Bertz CT molecular complexity index is 258. The van der Waals surface area contributed by atoms with E-state index in [9.17, 15) is 0 Å². The van der Waals surface area contributed by atoms with Crippen LogP contribution in [-0.2, 0) is 9.31 Å². The van der Waals surface area contributed by atoms with Crippen molar-refractivity contribution in [3.05, 3.63) is 0 Å². The largest absolute Gasteiger partial charge is 0.457 e. The van der Waals surface area contributed by atoms with Gasteiger partial charge >= 0.3 is 7.12 Å². The van der Waals surface area contributed by atoms with Crippen LogP contribution in [0.1, 0.15) is 53.4 Å². The van der Waals surface area contributed by atoms with Crippen LogP contribution in [0.25, 0.3) is 0 Å². The van der Waals surface area contributed by atoms with Crippen molar-refractivity contribution in [2.75, 3.05) is 0 Å². The Labute approximate surface area is 99.2 Å². The number of rotatable bonds is 3. The van der Waals surface area contributed by atoms with Crippen LogP contribution in [0.5, 0.6) is 0 Å². The number of hydrogen-bond donors (Lipinski definition) is 1. The Morgan fingerprint density at radius 1 is 1.06 bits per heavy atom. The van der Waals surface area contributed by atoms with Gasteiger partial charge in [-0.2, -0.15) is 0 Å². The van der Waals surface area contributed by atoms with Gasteiger partial charge in [0.25, 0.3) is 0 Å². The minimum absolute atomic E-state index is 0.0730. The summed E-state index contributed by atoms with van der Waals surface area (Å²) in [7, 11) is -0.0778. The van der Waals surface area contributed by atoms with E-state index in [1.54, 1.807) is 0 Å². The van der Waals surface area contributed by atoms with Gasteiger partial charge in [-0.05, 0) is 59.7 Å². The summed E-state index contributed by atoms with van der Waals surface area (Å²) in [6.07, 6.45) is 5.53. The van der Waals surface area contributed by atoms with Crippen LogP contribution in [0.2, 0.25) is 6.32 Å². The SMILES string of the molecule is CC1(C)OB(CCC2(N)CCC2)OC1(C)C. The second kappa shape index (κ2) is 3.72. The summed E-state index contributed by atoms with van der Waals surface area (Å²) >= 11 is 0. The predicted molar refractivity (Wildman–Crippen MR) is 66.3 cm³/mol. The Morgan fingerprint density at radius 2 is 1.56 bits per heavy atom. The van der Waals surface area contributed by atoms with Crippen molar-refractivity contribution in [3.8, 4) is 0 Å². The molecule has 2 aliphatic rings. The van der Waals surface area contributed by atoms with Crippen molar-refractivity contribution in [1.29, 1.82) is 0 Å². The second-order valence-corrected chi connectivity index (χ2v) is 6.44. The van der Waals surface area contributed by atoms with Gasteiger partial charge in [0.2, 0.25) is 0 Å². The highest BCUT2D eigenvalue weighted by Gasteiger charge is 2.51. The van der Waals surface area contributed by atoms with Crippen LogP contribution in [0.15, 0.2) is 0 Å². The lowest BCUT2D eigenvalue weighted by molar-refractivity contribution is 0.00578. The molecule has 2 fully saturated rings. The molecule has 0 unspecified atom stereocenters. The minimum atomic E-state index is -0.209. The van der Waals surface area contributed by atoms with Gasteiger partial charge in [-0.15, -0.1) is 0 Å². The standard InChI is InChI=1S/C12H24BNO2/c1-10(2)11(3,4)16-13(15-10)9-8-12(14)6-5-7-12/h5-9,14H2,1-4H3. The minimum Gasteiger partial charge on any atom is -0.403 e. The molecule has 0 aromatic carbocycles. The molecule has 2 N–H and O–H groups in total. The van der Waals surface area contributed by atoms with Gasteiger partial charge in [0.15, 0.2) is 0 Å². The lowest BCUT2D eigenvalue weighted by Gasteiger charge is -2.38. The van der Waals surface area contributed by atoms with Crippen LogP contribution in [-0.4, -0.2) is 23.9 Å². The van der Waals surface area contributed by atoms with Crippen molar-refractivity contribution in [2.45, 2.75) is 76.4 Å². The molecular formula is C12H24BNO2. The van der Waals surface area contributed by atoms with E-state index >= 15 is 0 Å². The average Bonchev–Trinajstić information content (AvgIpc) is 2.29. The zero-order valence-corrected chi connectivity index (χ0v) is 11.0. The van der Waals surface area contributed by atoms with Gasteiger partial charge in [0.1, 0.15) is 0 Å². The molecular weight excluding hydrogens is 201 g/mol. The summed E-state index contributed by atoms with van der Waals surface area (Å²) in [6, 6.07) is 0. The maximum Gasteiger partial charge on any atom is 0.457 e. The molecule has 1 saturated carbocycles. The molecule has 0 atom stereocenters. The third-order valence-corrected chi connectivity index (χ3v) is 4.53. The van der Waals surface area contributed by atoms with Gasteiger partial charge in [0, 0.05) is 5.54 Å². The molecule has 0 radical (unpaired) electrons. The van der Waals surface area contributed by atoms with Gasteiger partial charge in [0.05, 0.1) is 11.2 Å². The monoisotopic (exact) mass is 225 g/mol. The Hall–Kier alpha value is -0.0551. The Balaban J connectivity index is 1.85. The highest BCUT2D eigenvalue weighted by atomic mass is 16.7. The number of hydrogen-bond acceptors (Lipinski definition) is 3. The van der Waals surface area contributed by atoms with Gasteiger partial charge in [-0.3, -0.25) is 0 Å². The molecule has 16 heavy (non-hydrogen) atoms. The van der Waals surface area contributed by atoms with Crippen LogP contribution >= 0.6 is 0 Å². The number of nitrogens with two attached hydrogens (primary N) is 1. The lowest BCUT2D eigenvalue weighted by atomic mass is 9.69. The summed E-state index contributed by atoms with van der Waals surface area (Å²) in [4.78, 5) is 0. The topological polar surface area (TPSA) is 44.5 Å². The lowest BCUT2D eigenvalue weighted by Crippen LogP contribution is -2.47. The normalized spacial score (nSPS) is 30.2. The first-order valence-electron chi connectivity index (χ1n) is 6.39. The molecule has 0 aromatic heterocycles. The van der Waals surface area contributed by atoms with E-state index in [0.29, 0.717) is 0 Å². The summed E-state index contributed by atoms with van der Waals surface area (Å²) < 4.78 is 11.9. The van der Waals surface area contributed by atoms with Crippen LogP contribution in [0.4, 0.5) is 0 Å². The summed E-state index contributed by atoms with van der Waals surface area (Å²) in [5, 5.41) is 0. The molecule has 1 heterocycles. The van der Waals surface area contributed by atoms with Crippen molar-refractivity contribution >= 4 is 7.12 Å². The molecule has 92 valence electrons. The Kier molecular flexibility index (Phi) is 2.88. The van der Waals surface area contributed by atoms with E-state index in [0.717, 1.165) is 25.6 Å². The van der Waals surface area contributed by atoms with E-state index < -0.39 is 0 Å². The van der Waals surface area contributed by atoms with Crippen molar-refractivity contribution < 1.29 is 9.31 Å². The van der Waals surface area contributed by atoms with Gasteiger partial charge in [-0.1, -0.05) is 0 Å². The van der Waals surface area contributed by atoms with E-state index in [2.05, 4.69) is 27.7 Å². The first-order valence-corrected chi connectivity index (χ1v) is 6.39. The highest BCUT2D eigenvalue weighted by Crippen LogP contribution is 2.40. The third kappa shape index (κ3) is 2.15. The predicted octanol–water partition coefficient (Wildman–Crippen LogP) is 2.35. The first-order chi connectivity index (χ1) is 7.24. The zero-order chi connectivity index (χ0) is 12.0. The third-order valence-electron chi connectivity index (χ3n) is 4.53. The van der Waals surface area contributed by atoms with E-state index in [1.165, 1.54) is 6.42 Å². The quantitative estimate of drug-likeness (QED) is 0.750. The van der Waals surface area contributed by atoms with Crippen molar-refractivity contribution in [3.63, 3.8) is 0 Å². The molecule has 2 rings (SSSR count). The van der Waals surface area contributed by atoms with Crippen LogP contribution < -0.4 is 5.73 Å². The molecule has 1 aliphatic heterocycles. The molecule has 1 aliphatic carbocycles. The van der Waals surface area contributed by atoms with Gasteiger partial charge in [-0.25, -0.2) is 0 Å². The molecule has 0 amide bonds. The van der Waals surface area contributed by atoms with E-state index in [-0.39, 0.29) is 23.9 Å². The Morgan fingerprint density at radius 3 is 1.94 bits per heavy atom. The molecule has 4 heteroatoms. The molecule has 3 nitrogen and oxygen atoms in total. The van der Waals surface area contributed by atoms with Crippen molar-refractivity contribution in [1.82, 2.24) is 0 Å². The smallest absolute Gasteiger partial charge is 0.403 e. The zero-order valence-electron chi connectivity index (χ0n) is 11.0. The summed E-state index contributed by atoms with van der Waals surface area (Å²) in [6.45, 7) is 8.37. The van der Waals surface area contributed by atoms with E-state index in [4.69, 9.17) is 15.0 Å². The maximum atomic E-state index is 6.21. The maximum absolute atomic E-state index is 6.21. The summed E-state index contributed by atoms with van der Waals surface area (Å²) in [5.74, 6) is 0. The summed E-state index contributed by atoms with van der Waals surface area (Å²) in [5.41, 5.74) is 5.86. The van der Waals surface area contributed by atoms with Crippen LogP contribution in [0, 0.1) is 0 Å². The molecule has 0 aromatic rings. The molecule has 1 saturated heterocycles. The first kappa shape index (κ1) is 12.4. The second-order valence-electron chi connectivity index (χ2n) is 6.44.